The zero-order valence-corrected chi connectivity index (χ0v) is 17.9. The van der Waals surface area contributed by atoms with E-state index in [0.29, 0.717) is 11.7 Å². The molecule has 1 aliphatic rings. The van der Waals surface area contributed by atoms with Gasteiger partial charge in [-0.3, -0.25) is 9.69 Å². The Morgan fingerprint density at radius 2 is 2.12 bits per heavy atom. The maximum atomic E-state index is 12.6. The van der Waals surface area contributed by atoms with Crippen molar-refractivity contribution in [1.82, 2.24) is 24.6 Å². The number of piperidine rings is 1. The normalized spacial score (nSPS) is 19.2. The van der Waals surface area contributed by atoms with Gasteiger partial charge < -0.3 is 9.47 Å². The molecular weight excluding hydrogens is 346 g/mol. The van der Waals surface area contributed by atoms with E-state index in [4.69, 9.17) is 0 Å². The molecule has 2 atom stereocenters. The molecule has 7 heteroatoms. The number of likely N-dealkylation sites (tertiary alicyclic amines) is 1. The Kier molecular flexibility index (Phi) is 8.41. The lowest BCUT2D eigenvalue weighted by atomic mass is 10.0. The van der Waals surface area contributed by atoms with Gasteiger partial charge in [0.25, 0.3) is 0 Å². The minimum Gasteiger partial charge on any atom is -0.342 e. The van der Waals surface area contributed by atoms with Gasteiger partial charge in [-0.15, -0.1) is 10.2 Å². The molecule has 1 amide bonds. The zero-order chi connectivity index (χ0) is 19.1. The average Bonchev–Trinajstić information content (AvgIpc) is 3.00. The summed E-state index contributed by atoms with van der Waals surface area (Å²) in [7, 11) is 4.17. The fourth-order valence-electron chi connectivity index (χ4n) is 3.59. The van der Waals surface area contributed by atoms with E-state index in [1.54, 1.807) is 11.8 Å². The SMILES string of the molecule is CCCCn1c(SCC(=O)N2CCCC(C)C2)nnc1C(CC)N(C)C. The number of aromatic nitrogens is 3. The van der Waals surface area contributed by atoms with E-state index in [1.807, 2.05) is 4.90 Å². The number of carbonyl (C=O) groups excluding carboxylic acids is 1. The predicted molar refractivity (Wildman–Crippen MR) is 107 cm³/mol. The monoisotopic (exact) mass is 381 g/mol. The van der Waals surface area contributed by atoms with E-state index in [9.17, 15) is 4.79 Å². The number of amides is 1. The first-order valence-electron chi connectivity index (χ1n) is 9.97. The van der Waals surface area contributed by atoms with Crippen molar-refractivity contribution in [2.45, 2.75) is 70.6 Å². The van der Waals surface area contributed by atoms with Crippen molar-refractivity contribution >= 4 is 17.7 Å². The largest absolute Gasteiger partial charge is 0.342 e. The number of thioether (sulfide) groups is 1. The molecule has 1 aromatic heterocycles. The molecule has 0 radical (unpaired) electrons. The van der Waals surface area contributed by atoms with Crippen LogP contribution in [-0.2, 0) is 11.3 Å². The molecule has 2 unspecified atom stereocenters. The van der Waals surface area contributed by atoms with Gasteiger partial charge in [0, 0.05) is 19.6 Å². The topological polar surface area (TPSA) is 54.3 Å². The second-order valence-electron chi connectivity index (χ2n) is 7.61. The summed E-state index contributed by atoms with van der Waals surface area (Å²) in [6, 6.07) is 0.257. The van der Waals surface area contributed by atoms with Crippen LogP contribution in [0, 0.1) is 5.92 Å². The van der Waals surface area contributed by atoms with Crippen LogP contribution in [0.4, 0.5) is 0 Å². The summed E-state index contributed by atoms with van der Waals surface area (Å²) in [5, 5.41) is 9.80. The third kappa shape index (κ3) is 5.46. The Bertz CT molecular complexity index is 574. The molecule has 148 valence electrons. The van der Waals surface area contributed by atoms with Crippen LogP contribution in [0.25, 0.3) is 0 Å². The van der Waals surface area contributed by atoms with Gasteiger partial charge >= 0.3 is 0 Å². The Labute approximate surface area is 162 Å². The van der Waals surface area contributed by atoms with Crippen molar-refractivity contribution in [2.24, 2.45) is 5.92 Å². The van der Waals surface area contributed by atoms with Crippen LogP contribution in [0.1, 0.15) is 64.7 Å². The number of carbonyl (C=O) groups is 1. The number of hydrogen-bond donors (Lipinski definition) is 0. The van der Waals surface area contributed by atoms with Crippen LogP contribution in [0.5, 0.6) is 0 Å². The molecule has 6 nitrogen and oxygen atoms in total. The molecule has 26 heavy (non-hydrogen) atoms. The average molecular weight is 382 g/mol. The van der Waals surface area contributed by atoms with E-state index in [-0.39, 0.29) is 11.9 Å². The quantitative estimate of drug-likeness (QED) is 0.613. The van der Waals surface area contributed by atoms with Crippen molar-refractivity contribution < 1.29 is 4.79 Å². The molecule has 0 spiro atoms. The smallest absolute Gasteiger partial charge is 0.233 e. The number of nitrogens with zero attached hydrogens (tertiary/aromatic N) is 5. The molecule has 0 aromatic carbocycles. The Hall–Kier alpha value is -1.08. The van der Waals surface area contributed by atoms with Crippen LogP contribution >= 0.6 is 11.8 Å². The van der Waals surface area contributed by atoms with Gasteiger partial charge in [0.05, 0.1) is 11.8 Å². The van der Waals surface area contributed by atoms with Gasteiger partial charge in [-0.2, -0.15) is 0 Å². The van der Waals surface area contributed by atoms with Crippen LogP contribution in [0.2, 0.25) is 0 Å². The van der Waals surface area contributed by atoms with Crippen LogP contribution in [-0.4, -0.2) is 63.4 Å². The standard InChI is InChI=1S/C19H35N5OS/c1-6-8-12-24-18(16(7-2)22(4)5)20-21-19(24)26-14-17(25)23-11-9-10-15(3)13-23/h15-16H,6-14H2,1-5H3. The van der Waals surface area contributed by atoms with Gasteiger partial charge in [0.15, 0.2) is 11.0 Å². The van der Waals surface area contributed by atoms with Crippen molar-refractivity contribution in [3.8, 4) is 0 Å². The second-order valence-corrected chi connectivity index (χ2v) is 8.55. The van der Waals surface area contributed by atoms with E-state index in [1.165, 1.54) is 6.42 Å². The van der Waals surface area contributed by atoms with Gasteiger partial charge in [0.1, 0.15) is 0 Å². The molecular formula is C19H35N5OS. The summed E-state index contributed by atoms with van der Waals surface area (Å²) in [4.78, 5) is 16.8. The molecule has 1 aromatic rings. The van der Waals surface area contributed by atoms with Gasteiger partial charge in [-0.25, -0.2) is 0 Å². The zero-order valence-electron chi connectivity index (χ0n) is 17.1. The maximum absolute atomic E-state index is 12.6. The summed E-state index contributed by atoms with van der Waals surface area (Å²) < 4.78 is 2.23. The second kappa shape index (κ2) is 10.3. The first-order valence-corrected chi connectivity index (χ1v) is 11.0. The lowest BCUT2D eigenvalue weighted by Crippen LogP contribution is -2.40. The van der Waals surface area contributed by atoms with Crippen LogP contribution < -0.4 is 0 Å². The van der Waals surface area contributed by atoms with Crippen molar-refractivity contribution in [3.05, 3.63) is 5.82 Å². The highest BCUT2D eigenvalue weighted by Crippen LogP contribution is 2.26. The fraction of sp³-hybridized carbons (Fsp3) is 0.842. The Balaban J connectivity index is 2.07. The lowest BCUT2D eigenvalue weighted by Gasteiger charge is -2.30. The van der Waals surface area contributed by atoms with Gasteiger partial charge in [0.2, 0.25) is 5.91 Å². The number of hydrogen-bond acceptors (Lipinski definition) is 5. The number of unbranched alkanes of at least 4 members (excludes halogenated alkanes) is 1. The summed E-state index contributed by atoms with van der Waals surface area (Å²) >= 11 is 1.54. The molecule has 2 heterocycles. The summed E-state index contributed by atoms with van der Waals surface area (Å²) in [5.41, 5.74) is 0. The van der Waals surface area contributed by atoms with Crippen molar-refractivity contribution in [2.75, 3.05) is 32.9 Å². The first kappa shape index (κ1) is 21.2. The lowest BCUT2D eigenvalue weighted by molar-refractivity contribution is -0.130. The van der Waals surface area contributed by atoms with E-state index in [0.717, 1.165) is 56.3 Å². The highest BCUT2D eigenvalue weighted by Gasteiger charge is 2.24. The molecule has 0 saturated carbocycles. The molecule has 1 fully saturated rings. The van der Waals surface area contributed by atoms with Crippen LogP contribution in [0.3, 0.4) is 0 Å². The molecule has 1 aliphatic heterocycles. The third-order valence-corrected chi connectivity index (χ3v) is 6.07. The van der Waals surface area contributed by atoms with E-state index >= 15 is 0 Å². The molecule has 0 N–H and O–H groups in total. The Morgan fingerprint density at radius 3 is 2.73 bits per heavy atom. The highest BCUT2D eigenvalue weighted by molar-refractivity contribution is 7.99. The highest BCUT2D eigenvalue weighted by atomic mass is 32.2. The number of rotatable bonds is 9. The molecule has 1 saturated heterocycles. The summed E-state index contributed by atoms with van der Waals surface area (Å²) in [6.07, 6.45) is 5.57. The summed E-state index contributed by atoms with van der Waals surface area (Å²) in [5.74, 6) is 2.32. The first-order chi connectivity index (χ1) is 12.5. The summed E-state index contributed by atoms with van der Waals surface area (Å²) in [6.45, 7) is 9.31. The maximum Gasteiger partial charge on any atom is 0.233 e. The van der Waals surface area contributed by atoms with Crippen molar-refractivity contribution in [1.29, 1.82) is 0 Å². The predicted octanol–water partition coefficient (Wildman–Crippen LogP) is 3.44. The van der Waals surface area contributed by atoms with E-state index < -0.39 is 0 Å². The third-order valence-electron chi connectivity index (χ3n) is 5.12. The molecule has 0 aliphatic carbocycles. The molecule has 0 bridgehead atoms. The van der Waals surface area contributed by atoms with Crippen molar-refractivity contribution in [3.63, 3.8) is 0 Å². The fourth-order valence-corrected chi connectivity index (χ4v) is 4.47. The minimum atomic E-state index is 0.229. The molecule has 2 rings (SSSR count). The Morgan fingerprint density at radius 1 is 1.35 bits per heavy atom. The van der Waals surface area contributed by atoms with E-state index in [2.05, 4.69) is 54.5 Å². The van der Waals surface area contributed by atoms with Gasteiger partial charge in [-0.05, 0) is 45.7 Å². The minimum absolute atomic E-state index is 0.229. The van der Waals surface area contributed by atoms with Crippen LogP contribution in [0.15, 0.2) is 5.16 Å². The van der Waals surface area contributed by atoms with Gasteiger partial charge in [-0.1, -0.05) is 39.0 Å².